The Kier molecular flexibility index (Phi) is 52.0. The maximum atomic E-state index is 13.8. The average Bonchev–Trinajstić information content (AvgIpc) is 1.37. The highest BCUT2D eigenvalue weighted by Gasteiger charge is 2.29. The summed E-state index contributed by atoms with van der Waals surface area (Å²) in [5, 5.41) is 18.9. The van der Waals surface area contributed by atoms with Gasteiger partial charge in [-0.05, 0) is 231 Å². The van der Waals surface area contributed by atoms with Gasteiger partial charge in [0.05, 0.1) is 67.0 Å². The van der Waals surface area contributed by atoms with Gasteiger partial charge in [-0.15, -0.1) is 0 Å². The second kappa shape index (κ2) is 60.4. The van der Waals surface area contributed by atoms with Crippen molar-refractivity contribution >= 4 is 24.1 Å². The van der Waals surface area contributed by atoms with Crippen molar-refractivity contribution < 1.29 is 47.4 Å². The summed E-state index contributed by atoms with van der Waals surface area (Å²) >= 11 is 0. The minimum Gasteiger partial charge on any atom is -0.493 e. The number of methoxy groups -OCH3 is 9. The first-order chi connectivity index (χ1) is 54.8. The van der Waals surface area contributed by atoms with Crippen LogP contribution in [0, 0.1) is 11.3 Å². The smallest absolute Gasteiger partial charge is 0.254 e. The van der Waals surface area contributed by atoms with Crippen molar-refractivity contribution in [3.8, 4) is 23.3 Å². The Balaban J connectivity index is 0.000000257. The molecular weight excluding hydrogens is 1410 g/mol. The molecule has 4 aromatic carbocycles. The first-order valence-electron chi connectivity index (χ1n) is 41.9. The molecule has 21 nitrogen and oxygen atoms in total. The summed E-state index contributed by atoms with van der Waals surface area (Å²) in [4.78, 5) is 28.2. The first kappa shape index (κ1) is 96.4. The number of nitriles is 1. The van der Waals surface area contributed by atoms with E-state index >= 15 is 0 Å². The first-order valence-corrected chi connectivity index (χ1v) is 41.9. The van der Waals surface area contributed by atoms with Crippen LogP contribution in [0.25, 0.3) is 18.2 Å². The SMILES string of the molecule is COC[C@@H]1CCCN1.COC[C@@H]1CCCN1CCC#N.COC[C@@H]1CCCN1CCCN.COC[C@@H]1CCCN1CCCN(C/C(C)=C/c1ccccc1)C(=O)c1cc(OC)c(OC)c(OC)c1.COC[C@@H]1CCCN1CCCNC/C(C)=C/c1ccccc1.COC[C@@H]1CCCN1CCCNC/C(C)=C/c1ccccc1. The minimum atomic E-state index is -0.0649. The molecule has 6 atom stereocenters. The van der Waals surface area contributed by atoms with Crippen LogP contribution in [0.15, 0.2) is 120 Å². The summed E-state index contributed by atoms with van der Waals surface area (Å²) < 4.78 is 47.7. The van der Waals surface area contributed by atoms with Crippen LogP contribution in [0.5, 0.6) is 17.2 Å². The predicted molar refractivity (Wildman–Crippen MR) is 461 cm³/mol. The van der Waals surface area contributed by atoms with E-state index < -0.39 is 0 Å². The molecule has 4 aromatic rings. The Morgan fingerprint density at radius 1 is 0.482 bits per heavy atom. The van der Waals surface area contributed by atoms with Crippen LogP contribution in [0.2, 0.25) is 0 Å². The van der Waals surface area contributed by atoms with Gasteiger partial charge in [0.25, 0.3) is 5.91 Å². The van der Waals surface area contributed by atoms with E-state index in [1.54, 1.807) is 76.1 Å². The molecule has 0 aliphatic carbocycles. The fourth-order valence-electron chi connectivity index (χ4n) is 15.9. The zero-order chi connectivity index (χ0) is 80.6. The number of nitrogens with zero attached hydrogens (tertiary/aromatic N) is 7. The van der Waals surface area contributed by atoms with Crippen LogP contribution in [-0.2, 0) is 28.4 Å². The lowest BCUT2D eigenvalue weighted by Gasteiger charge is -2.27. The zero-order valence-electron chi connectivity index (χ0n) is 71.3. The largest absolute Gasteiger partial charge is 0.493 e. The normalized spacial score (nSPS) is 20.3. The number of carbonyl (C=O) groups is 1. The molecular formula is C91H149N11O10. The lowest BCUT2D eigenvalue weighted by molar-refractivity contribution is 0.0751. The highest BCUT2D eigenvalue weighted by atomic mass is 16.5. The predicted octanol–water partition coefficient (Wildman–Crippen LogP) is 13.0. The number of rotatable bonds is 42. The van der Waals surface area contributed by atoms with Crippen molar-refractivity contribution in [1.29, 1.82) is 5.26 Å². The van der Waals surface area contributed by atoms with E-state index in [4.69, 9.17) is 53.6 Å². The van der Waals surface area contributed by atoms with Crippen molar-refractivity contribution in [2.75, 3.05) is 221 Å². The number of nitrogens with two attached hydrogens (primary N) is 1. The molecule has 1 amide bonds. The lowest BCUT2D eigenvalue weighted by Crippen LogP contribution is -2.38. The van der Waals surface area contributed by atoms with Crippen molar-refractivity contribution in [3.63, 3.8) is 0 Å². The summed E-state index contributed by atoms with van der Waals surface area (Å²) in [6.45, 7) is 30.1. The fraction of sp³-hybridized carbons (Fsp3) is 0.648. The number of carbonyl (C=O) groups excluding carboxylic acids is 1. The fourth-order valence-corrected chi connectivity index (χ4v) is 15.9. The van der Waals surface area contributed by atoms with Gasteiger partial charge in [-0.2, -0.15) is 5.26 Å². The molecule has 628 valence electrons. The number of nitrogens with one attached hydrogen (secondary N) is 3. The molecule has 112 heavy (non-hydrogen) atoms. The summed E-state index contributed by atoms with van der Waals surface area (Å²) in [5.74, 6) is 1.35. The zero-order valence-corrected chi connectivity index (χ0v) is 71.3. The van der Waals surface area contributed by atoms with E-state index in [1.807, 2.05) is 23.1 Å². The Bertz CT molecular complexity index is 3070. The van der Waals surface area contributed by atoms with E-state index in [1.165, 1.54) is 151 Å². The number of amides is 1. The van der Waals surface area contributed by atoms with Gasteiger partial charge in [0, 0.05) is 130 Å². The third kappa shape index (κ3) is 38.5. The van der Waals surface area contributed by atoms with E-state index in [0.29, 0.717) is 78.6 Å². The molecule has 6 heterocycles. The maximum absolute atomic E-state index is 13.8. The Morgan fingerprint density at radius 3 is 1.19 bits per heavy atom. The number of benzene rings is 4. The third-order valence-corrected chi connectivity index (χ3v) is 21.5. The number of ether oxygens (including phenoxy) is 9. The second-order valence-corrected chi connectivity index (χ2v) is 30.5. The van der Waals surface area contributed by atoms with Gasteiger partial charge < -0.3 is 69.2 Å². The van der Waals surface area contributed by atoms with Gasteiger partial charge in [-0.25, -0.2) is 0 Å². The highest BCUT2D eigenvalue weighted by Crippen LogP contribution is 2.39. The summed E-state index contributed by atoms with van der Waals surface area (Å²) in [6, 6.07) is 40.4. The van der Waals surface area contributed by atoms with Crippen LogP contribution in [-0.4, -0.2) is 293 Å². The lowest BCUT2D eigenvalue weighted by atomic mass is 10.1. The van der Waals surface area contributed by atoms with Crippen LogP contribution < -0.4 is 35.9 Å². The van der Waals surface area contributed by atoms with Crippen LogP contribution in [0.4, 0.5) is 0 Å². The van der Waals surface area contributed by atoms with Crippen molar-refractivity contribution in [1.82, 2.24) is 45.3 Å². The molecule has 21 heteroatoms. The quantitative estimate of drug-likeness (QED) is 0.0304. The van der Waals surface area contributed by atoms with Crippen LogP contribution >= 0.6 is 0 Å². The topological polar surface area (TPSA) is 205 Å². The molecule has 0 aromatic heterocycles. The minimum absolute atomic E-state index is 0.0649. The molecule has 0 saturated carbocycles. The maximum Gasteiger partial charge on any atom is 0.254 e. The van der Waals surface area contributed by atoms with Gasteiger partial charge in [0.2, 0.25) is 5.75 Å². The standard InChI is InChI=1S/C29H40N2O5.2C19H30N2O.C9H20N2O.C9H16N2O.C6H13NO/c1-22(17-23-11-7-6-8-12-23)20-31(16-10-15-30-14-9-13-25(30)21-33-2)29(32)24-18-26(34-3)28(36-5)27(19-24)35-4;2*1-17(14-18-8-4-3-5-9-18)15-20-11-7-13-21-12-6-10-19(21)16-22-2;2*1-12-8-9-4-2-6-11(9)7-3-5-10;1-8-5-6-3-2-4-7-6/h6-8,11-12,17-19,25H,9-10,13-16,20-21H2,1-5H3;2*3-5,8-9,14,19-20H,6-7,10-13,15-16H2,1-2H3;9H,2-8,10H2,1H3;9H,2-4,6-8H2,1H3;6-7H,2-5H2,1H3/b22-17+;2*17-14+;;;/t25-;2*19-;2*9-;6-/m000000/s1. The molecule has 5 N–H and O–H groups in total. The van der Waals surface area contributed by atoms with Gasteiger partial charge >= 0.3 is 0 Å². The van der Waals surface area contributed by atoms with E-state index in [-0.39, 0.29) is 5.91 Å². The number of hydrogen-bond donors (Lipinski definition) is 4. The average molecular weight is 1560 g/mol. The number of hydrogen-bond acceptors (Lipinski definition) is 20. The van der Waals surface area contributed by atoms with E-state index in [9.17, 15) is 4.79 Å². The molecule has 6 saturated heterocycles. The van der Waals surface area contributed by atoms with Gasteiger partial charge in [0.15, 0.2) is 11.5 Å². The molecule has 10 rings (SSSR count). The molecule has 6 aliphatic rings. The van der Waals surface area contributed by atoms with E-state index in [0.717, 1.165) is 129 Å². The highest BCUT2D eigenvalue weighted by molar-refractivity contribution is 5.96. The second-order valence-electron chi connectivity index (χ2n) is 30.5. The Morgan fingerprint density at radius 2 is 0.848 bits per heavy atom. The summed E-state index contributed by atoms with van der Waals surface area (Å²) in [7, 11) is 15.3. The van der Waals surface area contributed by atoms with Crippen LogP contribution in [0.3, 0.4) is 0 Å². The van der Waals surface area contributed by atoms with Gasteiger partial charge in [0.1, 0.15) is 0 Å². The summed E-state index contributed by atoms with van der Waals surface area (Å²) in [5.41, 5.74) is 13.5. The summed E-state index contributed by atoms with van der Waals surface area (Å²) in [6.07, 6.45) is 26.9. The van der Waals surface area contributed by atoms with E-state index in [2.05, 4.69) is 158 Å². The third-order valence-electron chi connectivity index (χ3n) is 21.5. The van der Waals surface area contributed by atoms with Crippen molar-refractivity contribution in [3.05, 3.63) is 142 Å². The Hall–Kier alpha value is -6.14. The molecule has 0 radical (unpaired) electrons. The van der Waals surface area contributed by atoms with Crippen molar-refractivity contribution in [2.24, 2.45) is 5.73 Å². The molecule has 6 aliphatic heterocycles. The molecule has 0 bridgehead atoms. The Labute approximate surface area is 677 Å². The van der Waals surface area contributed by atoms with Crippen LogP contribution in [0.1, 0.15) is 157 Å². The molecule has 6 fully saturated rings. The van der Waals surface area contributed by atoms with Gasteiger partial charge in [-0.1, -0.05) is 126 Å². The number of likely N-dealkylation sites (tertiary alicyclic amines) is 5. The monoisotopic (exact) mass is 1560 g/mol. The molecule has 0 spiro atoms. The molecule has 0 unspecified atom stereocenters. The van der Waals surface area contributed by atoms with Crippen molar-refractivity contribution in [2.45, 2.75) is 166 Å². The van der Waals surface area contributed by atoms with Gasteiger partial charge in [-0.3, -0.25) is 29.3 Å².